The van der Waals surface area contributed by atoms with E-state index in [2.05, 4.69) is 65.4 Å². The number of hydrogen-bond acceptors (Lipinski definition) is 1. The monoisotopic (exact) mass is 306 g/mol. The molecule has 0 atom stereocenters. The number of nitrogens with zero attached hydrogens (tertiary/aromatic N) is 2. The Morgan fingerprint density at radius 1 is 1.11 bits per heavy atom. The minimum atomic E-state index is 0.926. The molecule has 0 N–H and O–H groups in total. The summed E-state index contributed by atoms with van der Waals surface area (Å²) in [6.45, 7) is 8.55. The third-order valence-corrected chi connectivity index (χ3v) is 4.21. The highest BCUT2D eigenvalue weighted by atomic mass is 79.9. The lowest BCUT2D eigenvalue weighted by molar-refractivity contribution is 0.802. The van der Waals surface area contributed by atoms with Crippen molar-refractivity contribution in [2.45, 2.75) is 34.1 Å². The molecule has 1 aromatic heterocycles. The topological polar surface area (TPSA) is 17.8 Å². The second-order valence-corrected chi connectivity index (χ2v) is 5.76. The minimum Gasteiger partial charge on any atom is -0.334 e. The average molecular weight is 307 g/mol. The molecule has 0 unspecified atom stereocenters. The lowest BCUT2D eigenvalue weighted by Gasteiger charge is -2.12. The fourth-order valence-electron chi connectivity index (χ4n) is 2.46. The van der Waals surface area contributed by atoms with Gasteiger partial charge >= 0.3 is 0 Å². The predicted molar refractivity (Wildman–Crippen MR) is 79.1 cm³/mol. The van der Waals surface area contributed by atoms with Crippen molar-refractivity contribution < 1.29 is 0 Å². The normalized spacial score (nSPS) is 11.0. The first-order valence-electron chi connectivity index (χ1n) is 6.14. The van der Waals surface area contributed by atoms with Gasteiger partial charge in [-0.2, -0.15) is 0 Å². The molecule has 0 saturated heterocycles. The number of halogens is 1. The van der Waals surface area contributed by atoms with Crippen LogP contribution in [0.1, 0.15) is 33.8 Å². The zero-order valence-corrected chi connectivity index (χ0v) is 13.2. The molecule has 0 saturated carbocycles. The van der Waals surface area contributed by atoms with Crippen LogP contribution in [0.15, 0.2) is 16.7 Å². The summed E-state index contributed by atoms with van der Waals surface area (Å²) in [7, 11) is 2.07. The number of benzene rings is 1. The molecule has 0 spiro atoms. The second-order valence-electron chi connectivity index (χ2n) is 5.01. The highest BCUT2D eigenvalue weighted by Crippen LogP contribution is 2.24. The van der Waals surface area contributed by atoms with Crippen LogP contribution in [0.5, 0.6) is 0 Å². The van der Waals surface area contributed by atoms with Crippen molar-refractivity contribution in [1.29, 1.82) is 0 Å². The van der Waals surface area contributed by atoms with Crippen LogP contribution in [-0.2, 0) is 13.5 Å². The lowest BCUT2D eigenvalue weighted by Crippen LogP contribution is -2.03. The quantitative estimate of drug-likeness (QED) is 0.820. The minimum absolute atomic E-state index is 0.926. The van der Waals surface area contributed by atoms with Gasteiger partial charge in [0.1, 0.15) is 10.4 Å². The largest absolute Gasteiger partial charge is 0.334 e. The van der Waals surface area contributed by atoms with Gasteiger partial charge in [-0.1, -0.05) is 17.7 Å². The molecule has 3 heteroatoms. The Morgan fingerprint density at radius 3 is 2.11 bits per heavy atom. The molecule has 0 bridgehead atoms. The van der Waals surface area contributed by atoms with Gasteiger partial charge in [0.25, 0.3) is 0 Å². The molecule has 0 aliphatic rings. The van der Waals surface area contributed by atoms with E-state index in [1.165, 1.54) is 27.9 Å². The average Bonchev–Trinajstić information content (AvgIpc) is 2.48. The van der Waals surface area contributed by atoms with Gasteiger partial charge in [-0.25, -0.2) is 4.98 Å². The SMILES string of the molecule is Cc1cc(C)c(Cc2c(Br)nc(C)n2C)c(C)c1. The van der Waals surface area contributed by atoms with Gasteiger partial charge in [0.2, 0.25) is 0 Å². The fourth-order valence-corrected chi connectivity index (χ4v) is 3.13. The summed E-state index contributed by atoms with van der Waals surface area (Å²) >= 11 is 3.56. The van der Waals surface area contributed by atoms with Gasteiger partial charge in [0.05, 0.1) is 5.69 Å². The van der Waals surface area contributed by atoms with Gasteiger partial charge in [0, 0.05) is 13.5 Å². The van der Waals surface area contributed by atoms with Crippen molar-refractivity contribution in [3.05, 3.63) is 50.5 Å². The molecular weight excluding hydrogens is 288 g/mol. The van der Waals surface area contributed by atoms with Crippen molar-refractivity contribution in [3.63, 3.8) is 0 Å². The zero-order chi connectivity index (χ0) is 13.4. The summed E-state index contributed by atoms with van der Waals surface area (Å²) in [6.07, 6.45) is 0.926. The standard InChI is InChI=1S/C15H19BrN2/c1-9-6-10(2)13(11(3)7-9)8-14-15(16)17-12(4)18(14)5/h6-7H,8H2,1-5H3. The highest BCUT2D eigenvalue weighted by Gasteiger charge is 2.13. The summed E-state index contributed by atoms with van der Waals surface area (Å²) in [4.78, 5) is 4.46. The van der Waals surface area contributed by atoms with Crippen LogP contribution >= 0.6 is 15.9 Å². The number of imidazole rings is 1. The molecule has 0 aliphatic heterocycles. The first-order valence-corrected chi connectivity index (χ1v) is 6.94. The Morgan fingerprint density at radius 2 is 1.67 bits per heavy atom. The van der Waals surface area contributed by atoms with Crippen molar-refractivity contribution in [1.82, 2.24) is 9.55 Å². The van der Waals surface area contributed by atoms with Gasteiger partial charge in [-0.15, -0.1) is 0 Å². The highest BCUT2D eigenvalue weighted by molar-refractivity contribution is 9.10. The van der Waals surface area contributed by atoms with Crippen LogP contribution in [0.2, 0.25) is 0 Å². The van der Waals surface area contributed by atoms with Crippen LogP contribution in [0.3, 0.4) is 0 Å². The first-order chi connectivity index (χ1) is 8.40. The Kier molecular flexibility index (Phi) is 3.62. The summed E-state index contributed by atoms with van der Waals surface area (Å²) in [5.41, 5.74) is 6.69. The van der Waals surface area contributed by atoms with Crippen molar-refractivity contribution in [2.75, 3.05) is 0 Å². The van der Waals surface area contributed by atoms with Gasteiger partial charge < -0.3 is 4.57 Å². The maximum absolute atomic E-state index is 4.46. The van der Waals surface area contributed by atoms with Crippen LogP contribution in [0.25, 0.3) is 0 Å². The van der Waals surface area contributed by atoms with E-state index >= 15 is 0 Å². The summed E-state index contributed by atoms with van der Waals surface area (Å²) in [6, 6.07) is 4.50. The summed E-state index contributed by atoms with van der Waals surface area (Å²) in [5, 5.41) is 0. The third kappa shape index (κ3) is 2.37. The summed E-state index contributed by atoms with van der Waals surface area (Å²) in [5.74, 6) is 1.04. The lowest BCUT2D eigenvalue weighted by atomic mass is 9.96. The second kappa shape index (κ2) is 4.88. The number of rotatable bonds is 2. The molecule has 1 heterocycles. The Balaban J connectivity index is 2.46. The molecule has 0 amide bonds. The van der Waals surface area contributed by atoms with E-state index in [4.69, 9.17) is 0 Å². The molecule has 96 valence electrons. The maximum atomic E-state index is 4.46. The molecule has 2 rings (SSSR count). The molecule has 0 fully saturated rings. The number of aromatic nitrogens is 2. The number of hydrogen-bond donors (Lipinski definition) is 0. The van der Waals surface area contributed by atoms with Crippen molar-refractivity contribution >= 4 is 15.9 Å². The molecule has 18 heavy (non-hydrogen) atoms. The fraction of sp³-hybridized carbons (Fsp3) is 0.400. The molecule has 0 radical (unpaired) electrons. The van der Waals surface area contributed by atoms with E-state index in [1.807, 2.05) is 6.92 Å². The Labute approximate surface area is 117 Å². The van der Waals surface area contributed by atoms with Gasteiger partial charge in [-0.3, -0.25) is 0 Å². The molecular formula is C15H19BrN2. The van der Waals surface area contributed by atoms with E-state index in [0.29, 0.717) is 0 Å². The molecule has 2 aromatic rings. The van der Waals surface area contributed by atoms with Crippen molar-refractivity contribution in [3.8, 4) is 0 Å². The van der Waals surface area contributed by atoms with Crippen LogP contribution in [0, 0.1) is 27.7 Å². The van der Waals surface area contributed by atoms with E-state index in [0.717, 1.165) is 16.8 Å². The zero-order valence-electron chi connectivity index (χ0n) is 11.6. The predicted octanol–water partition coefficient (Wildman–Crippen LogP) is 4.01. The maximum Gasteiger partial charge on any atom is 0.127 e. The number of aryl methyl sites for hydroxylation is 4. The smallest absolute Gasteiger partial charge is 0.127 e. The van der Waals surface area contributed by atoms with Crippen LogP contribution in [0.4, 0.5) is 0 Å². The molecule has 1 aromatic carbocycles. The van der Waals surface area contributed by atoms with Gasteiger partial charge in [0.15, 0.2) is 0 Å². The summed E-state index contributed by atoms with van der Waals surface area (Å²) < 4.78 is 3.12. The van der Waals surface area contributed by atoms with Crippen LogP contribution in [-0.4, -0.2) is 9.55 Å². The van der Waals surface area contributed by atoms with E-state index in [-0.39, 0.29) is 0 Å². The van der Waals surface area contributed by atoms with E-state index in [9.17, 15) is 0 Å². The Bertz CT molecular complexity index is 574. The Hall–Kier alpha value is -1.09. The third-order valence-electron chi connectivity index (χ3n) is 3.57. The van der Waals surface area contributed by atoms with Crippen molar-refractivity contribution in [2.24, 2.45) is 7.05 Å². The van der Waals surface area contributed by atoms with Gasteiger partial charge in [-0.05, 0) is 60.3 Å². The first kappa shape index (κ1) is 13.3. The molecule has 2 nitrogen and oxygen atoms in total. The van der Waals surface area contributed by atoms with E-state index in [1.54, 1.807) is 0 Å². The van der Waals surface area contributed by atoms with E-state index < -0.39 is 0 Å². The molecule has 0 aliphatic carbocycles. The van der Waals surface area contributed by atoms with Crippen LogP contribution < -0.4 is 0 Å².